The molecule has 0 bridgehead atoms. The Balaban J connectivity index is 1.36. The number of unbranched alkanes of at least 4 members (excludes halogenated alkanes) is 4. The number of amides is 9. The van der Waals surface area contributed by atoms with Crippen LogP contribution in [0.1, 0.15) is 110 Å². The average molecular weight is 1470 g/mol. The maximum atomic E-state index is 13.5. The van der Waals surface area contributed by atoms with Crippen LogP contribution in [0, 0.1) is 0 Å². The van der Waals surface area contributed by atoms with Crippen LogP contribution in [0.25, 0.3) is 0 Å². The van der Waals surface area contributed by atoms with E-state index in [1.807, 2.05) is 54.6 Å². The molecule has 0 saturated carbocycles. The molecule has 0 aliphatic heterocycles. The fraction of sp³-hybridized carbons (Fsp3) is 0.609. The largest absolute Gasteiger partial charge is 0.380 e. The molecule has 9 amide bonds. The molecule has 3 aromatic rings. The first-order valence-electron chi connectivity index (χ1n) is 32.7. The van der Waals surface area contributed by atoms with E-state index >= 15 is 0 Å². The Bertz CT molecular complexity index is 2700. The van der Waals surface area contributed by atoms with Crippen molar-refractivity contribution in [3.05, 3.63) is 73.2 Å². The summed E-state index contributed by atoms with van der Waals surface area (Å²) in [5.41, 5.74) is 0. The van der Waals surface area contributed by atoms with E-state index in [9.17, 15) is 47.9 Å². The Morgan fingerprint density at radius 1 is 0.361 bits per heavy atom. The first kappa shape index (κ1) is 85.5. The number of nitrogens with one attached hydrogen (secondary N) is 9. The van der Waals surface area contributed by atoms with Crippen molar-refractivity contribution in [1.82, 2.24) is 62.8 Å². The van der Waals surface area contributed by atoms with E-state index < -0.39 is 35.8 Å². The molecule has 3 atom stereocenters. The van der Waals surface area contributed by atoms with Crippen LogP contribution in [0.4, 0.5) is 0 Å². The lowest BCUT2D eigenvalue weighted by Gasteiger charge is -2.19. The van der Waals surface area contributed by atoms with Gasteiger partial charge < -0.3 is 71.5 Å². The monoisotopic (exact) mass is 1470 g/mol. The lowest BCUT2D eigenvalue weighted by molar-refractivity contribution is -0.132. The number of ketones is 1. The second-order valence-electron chi connectivity index (χ2n) is 21.5. The first-order valence-corrected chi connectivity index (χ1v) is 39.6. The maximum absolute atomic E-state index is 13.5. The zero-order valence-corrected chi connectivity index (χ0v) is 60.5. The summed E-state index contributed by atoms with van der Waals surface area (Å²) in [5.74, 6) is -0.810. The highest BCUT2D eigenvalue weighted by atomic mass is 33.1. The van der Waals surface area contributed by atoms with Crippen molar-refractivity contribution in [2.75, 3.05) is 123 Å². The second kappa shape index (κ2) is 58.1. The van der Waals surface area contributed by atoms with Crippen LogP contribution in [0.3, 0.4) is 0 Å². The summed E-state index contributed by atoms with van der Waals surface area (Å²) >= 11 is 0. The number of aromatic nitrogens is 3. The van der Waals surface area contributed by atoms with Crippen molar-refractivity contribution in [3.63, 3.8) is 0 Å². The van der Waals surface area contributed by atoms with Gasteiger partial charge in [0.25, 0.3) is 0 Å². The molecule has 3 aromatic heterocycles. The van der Waals surface area contributed by atoms with Crippen molar-refractivity contribution >= 4 is 124 Å². The molecule has 0 radical (unpaired) electrons. The van der Waals surface area contributed by atoms with Crippen LogP contribution in [-0.2, 0) is 71.6 Å². The SMILES string of the molecule is CC(=O)COCCOCCNC(=O)[C@H](CCCCNC(=O)CCSSc1ccccn1)NC(=O)COCCOCCNC(=O)[C@H](CCCCNC(=O)CCSSc1ccccn1)NC(=O)CCCCOCCNC(=O)[C@H](CCCCNC(=O)CCSSc1ccccn1)NC(C)=O. The van der Waals surface area contributed by atoms with E-state index in [1.54, 1.807) is 51.0 Å². The maximum Gasteiger partial charge on any atom is 0.246 e. The summed E-state index contributed by atoms with van der Waals surface area (Å²) in [7, 11) is 9.18. The zero-order chi connectivity index (χ0) is 70.0. The van der Waals surface area contributed by atoms with Crippen molar-refractivity contribution < 1.29 is 71.6 Å². The van der Waals surface area contributed by atoms with Crippen molar-refractivity contribution in [2.45, 2.75) is 143 Å². The van der Waals surface area contributed by atoms with Crippen LogP contribution in [-0.4, -0.2) is 215 Å². The highest BCUT2D eigenvalue weighted by molar-refractivity contribution is 8.77. The standard InChI is InChI=1S/C64H98N12O15S6/c1-49(77)47-90-42-40-88-38-35-73-64(86)53(19-5-12-29-67-56(81)26-46-94-97-61-23-8-15-32-70-61)76-58(83)48-91-43-41-89-39-34-72-63(85)52(18-4-11-28-66-55(80)25-45-93-96-60-22-7-14-31-69-60)75-57(82)20-9-16-36-87-37-33-71-62(84)51(74-50(2)78)17-3-10-27-65-54(79)24-44-92-95-59-21-6-13-30-68-59/h6-8,13-15,21-23,30-32,51-53H,3-5,9-12,16-20,24-29,33-48H2,1-2H3,(H,65,79)(H,66,80)(H,67,81)(H,71,84)(H,72,85)(H,73,86)(H,74,78)(H,75,82)(H,76,83)/t51-,52-,53-/m0/s1. The summed E-state index contributed by atoms with van der Waals surface area (Å²) < 4.78 is 27.6. The molecule has 3 heterocycles. The van der Waals surface area contributed by atoms with Gasteiger partial charge >= 0.3 is 0 Å². The molecule has 0 aliphatic carbocycles. The zero-order valence-electron chi connectivity index (χ0n) is 55.6. The summed E-state index contributed by atoms with van der Waals surface area (Å²) in [6, 6.07) is 14.5. The van der Waals surface area contributed by atoms with Crippen LogP contribution in [0.2, 0.25) is 0 Å². The van der Waals surface area contributed by atoms with E-state index in [4.69, 9.17) is 23.7 Å². The van der Waals surface area contributed by atoms with Crippen molar-refractivity contribution in [2.24, 2.45) is 0 Å². The summed E-state index contributed by atoms with van der Waals surface area (Å²) in [5, 5.41) is 28.0. The first-order chi connectivity index (χ1) is 47.2. The highest BCUT2D eigenvalue weighted by Gasteiger charge is 2.23. The van der Waals surface area contributed by atoms with Gasteiger partial charge in [0.15, 0.2) is 5.78 Å². The fourth-order valence-electron chi connectivity index (χ4n) is 8.34. The van der Waals surface area contributed by atoms with Crippen LogP contribution in [0.5, 0.6) is 0 Å². The molecule has 0 aromatic carbocycles. The molecule has 9 N–H and O–H groups in total. The van der Waals surface area contributed by atoms with Gasteiger partial charge in [-0.1, -0.05) is 50.6 Å². The predicted octanol–water partition coefficient (Wildman–Crippen LogP) is 5.19. The molecule has 33 heteroatoms. The van der Waals surface area contributed by atoms with E-state index in [0.29, 0.717) is 133 Å². The number of hydrogen-bond donors (Lipinski definition) is 9. The highest BCUT2D eigenvalue weighted by Crippen LogP contribution is 2.31. The summed E-state index contributed by atoms with van der Waals surface area (Å²) in [4.78, 5) is 139. The molecular weight excluding hydrogens is 1370 g/mol. The Hall–Kier alpha value is -5.75. The topological polar surface area (TPSA) is 364 Å². The van der Waals surface area contributed by atoms with Crippen LogP contribution >= 0.6 is 64.8 Å². The van der Waals surface area contributed by atoms with E-state index in [2.05, 4.69) is 62.8 Å². The summed E-state index contributed by atoms with van der Waals surface area (Å²) in [6.45, 7) is 5.55. The summed E-state index contributed by atoms with van der Waals surface area (Å²) in [6.07, 6.45) is 11.8. The molecule has 0 spiro atoms. The number of ether oxygens (including phenoxy) is 5. The van der Waals surface area contributed by atoms with Gasteiger partial charge in [-0.2, -0.15) is 0 Å². The van der Waals surface area contributed by atoms with Gasteiger partial charge in [0, 0.05) is 114 Å². The number of Topliss-reactive ketones (excluding diaryl/α,β-unsaturated/α-hetero) is 1. The molecular formula is C64H98N12O15S6. The number of carbonyl (C=O) groups is 10. The third-order valence-electron chi connectivity index (χ3n) is 13.2. The van der Waals surface area contributed by atoms with Gasteiger partial charge in [0.2, 0.25) is 53.2 Å². The Morgan fingerprint density at radius 2 is 0.732 bits per heavy atom. The van der Waals surface area contributed by atoms with Crippen molar-refractivity contribution in [3.8, 4) is 0 Å². The Labute approximate surface area is 593 Å². The molecule has 97 heavy (non-hydrogen) atoms. The van der Waals surface area contributed by atoms with Gasteiger partial charge in [-0.25, -0.2) is 15.0 Å². The quantitative estimate of drug-likeness (QED) is 0.0259. The molecule has 3 rings (SSSR count). The predicted molar refractivity (Wildman–Crippen MR) is 381 cm³/mol. The van der Waals surface area contributed by atoms with Gasteiger partial charge in [-0.05, 0) is 146 Å². The fourth-order valence-corrected chi connectivity index (χ4v) is 13.9. The van der Waals surface area contributed by atoms with E-state index in [-0.39, 0.29) is 127 Å². The molecule has 0 saturated heterocycles. The molecule has 540 valence electrons. The van der Waals surface area contributed by atoms with Crippen LogP contribution in [0.15, 0.2) is 88.3 Å². The van der Waals surface area contributed by atoms with Crippen molar-refractivity contribution in [1.29, 1.82) is 0 Å². The molecule has 0 aliphatic rings. The van der Waals surface area contributed by atoms with Gasteiger partial charge in [0.1, 0.15) is 46.4 Å². The smallest absolute Gasteiger partial charge is 0.246 e. The second-order valence-corrected chi connectivity index (χ2v) is 28.8. The van der Waals surface area contributed by atoms with Gasteiger partial charge in [-0.3, -0.25) is 47.9 Å². The molecule has 0 fully saturated rings. The van der Waals surface area contributed by atoms with Crippen LogP contribution < -0.4 is 47.9 Å². The number of hydrogen-bond acceptors (Lipinski definition) is 24. The number of nitrogens with zero attached hydrogens (tertiary/aromatic N) is 3. The third kappa shape index (κ3) is 48.6. The lowest BCUT2D eigenvalue weighted by atomic mass is 10.1. The minimum Gasteiger partial charge on any atom is -0.380 e. The number of rotatable bonds is 60. The average Bonchev–Trinajstić information content (AvgIpc) is 2.24. The normalized spacial score (nSPS) is 11.9. The van der Waals surface area contributed by atoms with E-state index in [0.717, 1.165) is 15.1 Å². The number of carbonyl (C=O) groups excluding carboxylic acids is 10. The minimum atomic E-state index is -0.887. The minimum absolute atomic E-state index is 0.00788. The van der Waals surface area contributed by atoms with Gasteiger partial charge in [-0.15, -0.1) is 0 Å². The third-order valence-corrected chi connectivity index (χ3v) is 20.0. The molecule has 27 nitrogen and oxygen atoms in total. The van der Waals surface area contributed by atoms with Gasteiger partial charge in [0.05, 0.1) is 46.2 Å². The lowest BCUT2D eigenvalue weighted by Crippen LogP contribution is -2.48. The van der Waals surface area contributed by atoms with E-state index in [1.165, 1.54) is 46.2 Å². The molecule has 0 unspecified atom stereocenters. The Kier molecular flexibility index (Phi) is 51.2. The number of pyridine rings is 3. The Morgan fingerprint density at radius 3 is 1.11 bits per heavy atom.